The lowest BCUT2D eigenvalue weighted by atomic mass is 10.1. The molecule has 1 N–H and O–H groups in total. The highest BCUT2D eigenvalue weighted by Gasteiger charge is 2.31. The SMILES string of the molecule is Cc1noc2nc(C3CC3)cc(C(=O)N3CC[C@@H](O)C3)c12. The maximum absolute atomic E-state index is 12.8. The van der Waals surface area contributed by atoms with Crippen molar-refractivity contribution in [3.8, 4) is 0 Å². The summed E-state index contributed by atoms with van der Waals surface area (Å²) in [5, 5.41) is 14.3. The minimum absolute atomic E-state index is 0.0628. The van der Waals surface area contributed by atoms with E-state index in [1.165, 1.54) is 0 Å². The van der Waals surface area contributed by atoms with E-state index in [1.54, 1.807) is 4.90 Å². The van der Waals surface area contributed by atoms with Gasteiger partial charge in [-0.3, -0.25) is 4.79 Å². The number of fused-ring (bicyclic) bond motifs is 1. The standard InChI is InChI=1S/C15H17N3O3/c1-8-13-11(15(20)18-5-4-10(19)7-18)6-12(9-2-3-9)16-14(13)21-17-8/h6,9-10,19H,2-5,7H2,1H3/t10-/m1/s1. The predicted octanol–water partition coefficient (Wildman–Crippen LogP) is 1.62. The second-order valence-corrected chi connectivity index (χ2v) is 6.01. The minimum Gasteiger partial charge on any atom is -0.391 e. The molecule has 2 fully saturated rings. The van der Waals surface area contributed by atoms with E-state index in [9.17, 15) is 9.90 Å². The Balaban J connectivity index is 1.81. The average Bonchev–Trinajstić information content (AvgIpc) is 3.15. The zero-order chi connectivity index (χ0) is 14.6. The number of likely N-dealkylation sites (tertiary alicyclic amines) is 1. The largest absolute Gasteiger partial charge is 0.391 e. The number of carbonyl (C=O) groups excluding carboxylic acids is 1. The molecule has 1 aliphatic heterocycles. The Morgan fingerprint density at radius 2 is 2.24 bits per heavy atom. The van der Waals surface area contributed by atoms with Gasteiger partial charge in [0.25, 0.3) is 11.6 Å². The number of nitrogens with zero attached hydrogens (tertiary/aromatic N) is 3. The fourth-order valence-corrected chi connectivity index (χ4v) is 2.97. The fraction of sp³-hybridized carbons (Fsp3) is 0.533. The van der Waals surface area contributed by atoms with E-state index in [4.69, 9.17) is 4.52 Å². The third kappa shape index (κ3) is 2.10. The molecular weight excluding hydrogens is 270 g/mol. The number of rotatable bonds is 2. The molecule has 2 aromatic heterocycles. The number of aliphatic hydroxyl groups excluding tert-OH is 1. The summed E-state index contributed by atoms with van der Waals surface area (Å²) in [6.45, 7) is 2.80. The highest BCUT2D eigenvalue weighted by molar-refractivity contribution is 6.06. The lowest BCUT2D eigenvalue weighted by Gasteiger charge is -2.16. The second kappa shape index (κ2) is 4.53. The number of aryl methyl sites for hydroxylation is 1. The van der Waals surface area contributed by atoms with Crippen LogP contribution in [0.4, 0.5) is 0 Å². The third-order valence-corrected chi connectivity index (χ3v) is 4.31. The smallest absolute Gasteiger partial charge is 0.259 e. The summed E-state index contributed by atoms with van der Waals surface area (Å²) < 4.78 is 5.26. The van der Waals surface area contributed by atoms with Gasteiger partial charge in [-0.1, -0.05) is 5.16 Å². The highest BCUT2D eigenvalue weighted by atomic mass is 16.5. The van der Waals surface area contributed by atoms with Crippen molar-refractivity contribution in [1.82, 2.24) is 15.0 Å². The molecule has 4 rings (SSSR count). The molecule has 0 bridgehead atoms. The number of aliphatic hydroxyl groups is 1. The number of aromatic nitrogens is 2. The van der Waals surface area contributed by atoms with Crippen molar-refractivity contribution in [2.24, 2.45) is 0 Å². The van der Waals surface area contributed by atoms with Gasteiger partial charge in [-0.05, 0) is 32.3 Å². The van der Waals surface area contributed by atoms with Crippen molar-refractivity contribution in [3.63, 3.8) is 0 Å². The van der Waals surface area contributed by atoms with Crippen LogP contribution in [-0.2, 0) is 0 Å². The van der Waals surface area contributed by atoms with Crippen molar-refractivity contribution in [2.45, 2.75) is 38.2 Å². The van der Waals surface area contributed by atoms with Crippen LogP contribution in [0.15, 0.2) is 10.6 Å². The van der Waals surface area contributed by atoms with Gasteiger partial charge in [-0.25, -0.2) is 4.98 Å². The summed E-state index contributed by atoms with van der Waals surface area (Å²) in [7, 11) is 0. The molecule has 0 spiro atoms. The molecular formula is C15H17N3O3. The fourth-order valence-electron chi connectivity index (χ4n) is 2.97. The quantitative estimate of drug-likeness (QED) is 0.907. The summed E-state index contributed by atoms with van der Waals surface area (Å²) in [6, 6.07) is 1.89. The summed E-state index contributed by atoms with van der Waals surface area (Å²) >= 11 is 0. The van der Waals surface area contributed by atoms with Gasteiger partial charge in [-0.2, -0.15) is 0 Å². The number of hydrogen-bond acceptors (Lipinski definition) is 5. The first-order chi connectivity index (χ1) is 10.1. The van der Waals surface area contributed by atoms with E-state index in [0.29, 0.717) is 47.8 Å². The number of pyridine rings is 1. The molecule has 0 unspecified atom stereocenters. The third-order valence-electron chi connectivity index (χ3n) is 4.31. The number of hydrogen-bond donors (Lipinski definition) is 1. The molecule has 0 aromatic carbocycles. The number of amides is 1. The van der Waals surface area contributed by atoms with Gasteiger partial charge < -0.3 is 14.5 Å². The molecule has 2 aliphatic rings. The van der Waals surface area contributed by atoms with Gasteiger partial charge >= 0.3 is 0 Å². The molecule has 1 atom stereocenters. The first-order valence-corrected chi connectivity index (χ1v) is 7.37. The van der Waals surface area contributed by atoms with E-state index in [-0.39, 0.29) is 5.91 Å². The topological polar surface area (TPSA) is 79.5 Å². The van der Waals surface area contributed by atoms with Crippen LogP contribution in [0.2, 0.25) is 0 Å². The van der Waals surface area contributed by atoms with E-state index >= 15 is 0 Å². The van der Waals surface area contributed by atoms with Crippen molar-refractivity contribution < 1.29 is 14.4 Å². The molecule has 110 valence electrons. The Labute approximate surface area is 121 Å². The van der Waals surface area contributed by atoms with Crippen LogP contribution in [0.25, 0.3) is 11.1 Å². The van der Waals surface area contributed by atoms with Crippen LogP contribution in [0.1, 0.15) is 46.9 Å². The Kier molecular flexibility index (Phi) is 2.75. The maximum atomic E-state index is 12.8. The Hall–Kier alpha value is -1.95. The molecule has 1 saturated heterocycles. The van der Waals surface area contributed by atoms with Crippen LogP contribution < -0.4 is 0 Å². The zero-order valence-corrected chi connectivity index (χ0v) is 11.9. The molecule has 1 amide bonds. The van der Waals surface area contributed by atoms with Gasteiger partial charge in [-0.15, -0.1) is 0 Å². The molecule has 21 heavy (non-hydrogen) atoms. The Morgan fingerprint density at radius 3 is 2.90 bits per heavy atom. The van der Waals surface area contributed by atoms with E-state index < -0.39 is 6.10 Å². The van der Waals surface area contributed by atoms with Gasteiger partial charge in [0, 0.05) is 24.7 Å². The first-order valence-electron chi connectivity index (χ1n) is 7.37. The van der Waals surface area contributed by atoms with Gasteiger partial charge in [0.05, 0.1) is 22.7 Å². The van der Waals surface area contributed by atoms with Gasteiger partial charge in [0.15, 0.2) is 0 Å². The van der Waals surface area contributed by atoms with Crippen LogP contribution >= 0.6 is 0 Å². The maximum Gasteiger partial charge on any atom is 0.259 e. The first kappa shape index (κ1) is 12.8. The van der Waals surface area contributed by atoms with Crippen molar-refractivity contribution in [1.29, 1.82) is 0 Å². The van der Waals surface area contributed by atoms with E-state index in [2.05, 4.69) is 10.1 Å². The minimum atomic E-state index is -0.419. The van der Waals surface area contributed by atoms with E-state index in [1.807, 2.05) is 13.0 Å². The van der Waals surface area contributed by atoms with Crippen molar-refractivity contribution in [3.05, 3.63) is 23.0 Å². The molecule has 6 heteroatoms. The summed E-state index contributed by atoms with van der Waals surface area (Å²) in [5.74, 6) is 0.377. The van der Waals surface area contributed by atoms with Crippen molar-refractivity contribution in [2.75, 3.05) is 13.1 Å². The predicted molar refractivity (Wildman–Crippen MR) is 75.0 cm³/mol. The average molecular weight is 287 g/mol. The highest BCUT2D eigenvalue weighted by Crippen LogP contribution is 2.40. The summed E-state index contributed by atoms with van der Waals surface area (Å²) in [5.41, 5.74) is 2.65. The van der Waals surface area contributed by atoms with Gasteiger partial charge in [0.2, 0.25) is 0 Å². The lowest BCUT2D eigenvalue weighted by Crippen LogP contribution is -2.29. The van der Waals surface area contributed by atoms with Crippen LogP contribution in [0, 0.1) is 6.92 Å². The summed E-state index contributed by atoms with van der Waals surface area (Å²) in [6.07, 6.45) is 2.44. The van der Waals surface area contributed by atoms with Crippen LogP contribution in [-0.4, -0.2) is 45.2 Å². The molecule has 6 nitrogen and oxygen atoms in total. The van der Waals surface area contributed by atoms with Gasteiger partial charge in [0.1, 0.15) is 0 Å². The molecule has 1 saturated carbocycles. The molecule has 0 radical (unpaired) electrons. The number of carbonyl (C=O) groups is 1. The van der Waals surface area contributed by atoms with Crippen LogP contribution in [0.5, 0.6) is 0 Å². The van der Waals surface area contributed by atoms with Crippen LogP contribution in [0.3, 0.4) is 0 Å². The molecule has 2 aromatic rings. The Bertz CT molecular complexity index is 720. The normalized spacial score (nSPS) is 22.2. The number of β-amino-alcohol motifs (C(OH)–C–C–N with tert-alkyl or cyclic N) is 1. The Morgan fingerprint density at radius 1 is 1.43 bits per heavy atom. The van der Waals surface area contributed by atoms with Crippen molar-refractivity contribution >= 4 is 17.0 Å². The van der Waals surface area contributed by atoms with E-state index in [0.717, 1.165) is 18.5 Å². The zero-order valence-electron chi connectivity index (χ0n) is 11.9. The monoisotopic (exact) mass is 287 g/mol. The summed E-state index contributed by atoms with van der Waals surface area (Å²) in [4.78, 5) is 19.0. The molecule has 1 aliphatic carbocycles. The molecule has 3 heterocycles. The second-order valence-electron chi connectivity index (χ2n) is 6.01. The lowest BCUT2D eigenvalue weighted by molar-refractivity contribution is 0.0766.